The van der Waals surface area contributed by atoms with Gasteiger partial charge in [0.05, 0.1) is 5.39 Å². The molecule has 0 unspecified atom stereocenters. The Balaban J connectivity index is 1.93. The minimum atomic E-state index is -0.299. The van der Waals surface area contributed by atoms with E-state index in [9.17, 15) is 9.59 Å². The Kier molecular flexibility index (Phi) is 2.83. The number of benzene rings is 1. The van der Waals surface area contributed by atoms with Gasteiger partial charge in [0.1, 0.15) is 5.58 Å². The number of fused-ring (bicyclic) bond motifs is 1. The summed E-state index contributed by atoms with van der Waals surface area (Å²) in [5.41, 5.74) is 0.196. The van der Waals surface area contributed by atoms with Crippen LogP contribution in [0.3, 0.4) is 0 Å². The minimum Gasteiger partial charge on any atom is -0.451 e. The molecule has 1 fully saturated rings. The van der Waals surface area contributed by atoms with Gasteiger partial charge in [0.15, 0.2) is 11.2 Å². The predicted octanol–water partition coefficient (Wildman–Crippen LogP) is 0.857. The standard InChI is InChI=1S/C14H13NO4/c16-8-9-6-15(7-9)14(18)13-5-11(17)10-3-1-2-4-12(10)19-13/h1-5,9,16H,6-8H2. The molecule has 0 aliphatic carbocycles. The lowest BCUT2D eigenvalue weighted by Gasteiger charge is -2.37. The molecule has 0 bridgehead atoms. The van der Waals surface area contributed by atoms with Crippen molar-refractivity contribution < 1.29 is 14.3 Å². The molecule has 5 heteroatoms. The zero-order valence-electron chi connectivity index (χ0n) is 10.2. The Bertz CT molecular complexity index is 685. The quantitative estimate of drug-likeness (QED) is 0.868. The maximum atomic E-state index is 12.1. The molecule has 1 saturated heterocycles. The monoisotopic (exact) mass is 259 g/mol. The van der Waals surface area contributed by atoms with Gasteiger partial charge in [-0.25, -0.2) is 0 Å². The maximum Gasteiger partial charge on any atom is 0.289 e. The first-order valence-corrected chi connectivity index (χ1v) is 6.12. The van der Waals surface area contributed by atoms with Crippen molar-refractivity contribution in [1.82, 2.24) is 4.90 Å². The number of hydrogen-bond donors (Lipinski definition) is 1. The van der Waals surface area contributed by atoms with E-state index in [1.807, 2.05) is 0 Å². The van der Waals surface area contributed by atoms with Crippen LogP contribution in [0.15, 0.2) is 39.5 Å². The van der Waals surface area contributed by atoms with Gasteiger partial charge in [-0.3, -0.25) is 9.59 Å². The molecule has 2 heterocycles. The summed E-state index contributed by atoms with van der Waals surface area (Å²) < 4.78 is 5.48. The number of likely N-dealkylation sites (tertiary alicyclic amines) is 1. The molecule has 1 aromatic carbocycles. The van der Waals surface area contributed by atoms with Gasteiger partial charge in [0.2, 0.25) is 0 Å². The summed E-state index contributed by atoms with van der Waals surface area (Å²) in [5.74, 6) is -0.108. The third-order valence-electron chi connectivity index (χ3n) is 3.35. The highest BCUT2D eigenvalue weighted by Gasteiger charge is 2.32. The van der Waals surface area contributed by atoms with Crippen LogP contribution < -0.4 is 5.43 Å². The van der Waals surface area contributed by atoms with Crippen LogP contribution in [0.2, 0.25) is 0 Å². The fourth-order valence-electron chi connectivity index (χ4n) is 2.22. The van der Waals surface area contributed by atoms with Crippen molar-refractivity contribution >= 4 is 16.9 Å². The predicted molar refractivity (Wildman–Crippen MR) is 69.0 cm³/mol. The van der Waals surface area contributed by atoms with Crippen molar-refractivity contribution in [3.63, 3.8) is 0 Å². The molecule has 19 heavy (non-hydrogen) atoms. The number of amides is 1. The SMILES string of the molecule is O=C(c1cc(=O)c2ccccc2o1)N1CC(CO)C1. The second kappa shape index (κ2) is 4.51. The fraction of sp³-hybridized carbons (Fsp3) is 0.286. The number of hydrogen-bond acceptors (Lipinski definition) is 4. The average Bonchev–Trinajstić information content (AvgIpc) is 2.37. The summed E-state index contributed by atoms with van der Waals surface area (Å²) in [5, 5.41) is 9.40. The first kappa shape index (κ1) is 11.9. The van der Waals surface area contributed by atoms with E-state index in [1.54, 1.807) is 29.2 Å². The first-order chi connectivity index (χ1) is 9.19. The zero-order chi connectivity index (χ0) is 13.4. The van der Waals surface area contributed by atoms with E-state index in [4.69, 9.17) is 9.52 Å². The van der Waals surface area contributed by atoms with Gasteiger partial charge in [0, 0.05) is 31.7 Å². The number of carbonyl (C=O) groups is 1. The largest absolute Gasteiger partial charge is 0.451 e. The van der Waals surface area contributed by atoms with Crippen molar-refractivity contribution in [1.29, 1.82) is 0 Å². The minimum absolute atomic E-state index is 0.0556. The molecule has 0 saturated carbocycles. The van der Waals surface area contributed by atoms with Gasteiger partial charge < -0.3 is 14.4 Å². The van der Waals surface area contributed by atoms with E-state index in [0.717, 1.165) is 0 Å². The lowest BCUT2D eigenvalue weighted by molar-refractivity contribution is 0.0334. The molecular weight excluding hydrogens is 246 g/mol. The van der Waals surface area contributed by atoms with E-state index >= 15 is 0 Å². The molecule has 5 nitrogen and oxygen atoms in total. The van der Waals surface area contributed by atoms with E-state index in [2.05, 4.69) is 0 Å². The molecule has 1 amide bonds. The van der Waals surface area contributed by atoms with Crippen molar-refractivity contribution in [3.8, 4) is 0 Å². The van der Waals surface area contributed by atoms with Crippen molar-refractivity contribution in [3.05, 3.63) is 46.3 Å². The van der Waals surface area contributed by atoms with Crippen LogP contribution in [0.4, 0.5) is 0 Å². The summed E-state index contributed by atoms with van der Waals surface area (Å²) in [6, 6.07) is 8.07. The van der Waals surface area contributed by atoms with Gasteiger partial charge in [-0.05, 0) is 12.1 Å². The number of para-hydroxylation sites is 1. The Labute approximate surface area is 109 Å². The van der Waals surface area contributed by atoms with Crippen LogP contribution in [0.5, 0.6) is 0 Å². The summed E-state index contributed by atoms with van der Waals surface area (Å²) in [6.07, 6.45) is 0. The zero-order valence-corrected chi connectivity index (χ0v) is 10.2. The van der Waals surface area contributed by atoms with Crippen LogP contribution >= 0.6 is 0 Å². The molecule has 3 rings (SSSR count). The summed E-state index contributed by atoms with van der Waals surface area (Å²) in [7, 11) is 0. The Morgan fingerprint density at radius 1 is 1.37 bits per heavy atom. The van der Waals surface area contributed by atoms with Crippen LogP contribution in [-0.2, 0) is 0 Å². The second-order valence-electron chi connectivity index (χ2n) is 4.73. The summed E-state index contributed by atoms with van der Waals surface area (Å²) >= 11 is 0. The van der Waals surface area contributed by atoms with Crippen molar-refractivity contribution in [2.75, 3.05) is 19.7 Å². The van der Waals surface area contributed by atoms with Crippen molar-refractivity contribution in [2.24, 2.45) is 5.92 Å². The molecular formula is C14H13NO4. The molecule has 1 N–H and O–H groups in total. The molecule has 1 aliphatic heterocycles. The van der Waals surface area contributed by atoms with Gasteiger partial charge in [0.25, 0.3) is 5.91 Å². The number of rotatable bonds is 2. The lowest BCUT2D eigenvalue weighted by Crippen LogP contribution is -2.51. The lowest BCUT2D eigenvalue weighted by atomic mass is 10.0. The number of aliphatic hydroxyl groups is 1. The number of carbonyl (C=O) groups excluding carboxylic acids is 1. The van der Waals surface area contributed by atoms with E-state index < -0.39 is 0 Å². The molecule has 2 aromatic rings. The molecule has 0 atom stereocenters. The van der Waals surface area contributed by atoms with Crippen LogP contribution in [0, 0.1) is 5.92 Å². The van der Waals surface area contributed by atoms with E-state index in [1.165, 1.54) is 6.07 Å². The Hall–Kier alpha value is -2.14. The topological polar surface area (TPSA) is 70.8 Å². The molecule has 1 aliphatic rings. The Morgan fingerprint density at radius 3 is 2.84 bits per heavy atom. The molecule has 98 valence electrons. The van der Waals surface area contributed by atoms with Gasteiger partial charge >= 0.3 is 0 Å². The average molecular weight is 259 g/mol. The van der Waals surface area contributed by atoms with Gasteiger partial charge in [-0.1, -0.05) is 12.1 Å². The smallest absolute Gasteiger partial charge is 0.289 e. The van der Waals surface area contributed by atoms with E-state index in [0.29, 0.717) is 24.1 Å². The van der Waals surface area contributed by atoms with Crippen LogP contribution in [0.1, 0.15) is 10.6 Å². The highest BCUT2D eigenvalue weighted by molar-refractivity contribution is 5.93. The van der Waals surface area contributed by atoms with Crippen LogP contribution in [-0.4, -0.2) is 35.6 Å². The Morgan fingerprint density at radius 2 is 2.11 bits per heavy atom. The fourth-order valence-corrected chi connectivity index (χ4v) is 2.22. The summed E-state index contributed by atoms with van der Waals surface area (Å²) in [4.78, 5) is 25.5. The highest BCUT2D eigenvalue weighted by atomic mass is 16.3. The second-order valence-corrected chi connectivity index (χ2v) is 4.73. The highest BCUT2D eigenvalue weighted by Crippen LogP contribution is 2.19. The molecule has 0 radical (unpaired) electrons. The molecule has 1 aromatic heterocycles. The number of nitrogens with zero attached hydrogens (tertiary/aromatic N) is 1. The number of aliphatic hydroxyl groups excluding tert-OH is 1. The summed E-state index contributed by atoms with van der Waals surface area (Å²) in [6.45, 7) is 1.09. The third kappa shape index (κ3) is 2.02. The van der Waals surface area contributed by atoms with Gasteiger partial charge in [-0.15, -0.1) is 0 Å². The molecule has 0 spiro atoms. The first-order valence-electron chi connectivity index (χ1n) is 6.12. The maximum absolute atomic E-state index is 12.1. The van der Waals surface area contributed by atoms with E-state index in [-0.39, 0.29) is 29.6 Å². The van der Waals surface area contributed by atoms with Crippen molar-refractivity contribution in [2.45, 2.75) is 0 Å². The van der Waals surface area contributed by atoms with Crippen LogP contribution in [0.25, 0.3) is 11.0 Å². The normalized spacial score (nSPS) is 15.5. The third-order valence-corrected chi connectivity index (χ3v) is 3.35. The van der Waals surface area contributed by atoms with Gasteiger partial charge in [-0.2, -0.15) is 0 Å².